The van der Waals surface area contributed by atoms with E-state index in [0.717, 1.165) is 42.7 Å². The first-order valence-corrected chi connectivity index (χ1v) is 7.04. The number of aromatic nitrogens is 2. The highest BCUT2D eigenvalue weighted by atomic mass is 32.2. The van der Waals surface area contributed by atoms with Gasteiger partial charge in [0.15, 0.2) is 5.16 Å². The second-order valence-corrected chi connectivity index (χ2v) is 4.29. The van der Waals surface area contributed by atoms with E-state index in [1.165, 1.54) is 11.8 Å². The lowest BCUT2D eigenvalue weighted by Crippen LogP contribution is -2.07. The lowest BCUT2D eigenvalue weighted by molar-refractivity contribution is 0.286. The summed E-state index contributed by atoms with van der Waals surface area (Å²) < 4.78 is 0. The number of nitrogens with one attached hydrogen (secondary N) is 2. The lowest BCUT2D eigenvalue weighted by atomic mass is 10.3. The summed E-state index contributed by atoms with van der Waals surface area (Å²) in [5.41, 5.74) is 0. The van der Waals surface area contributed by atoms with E-state index in [9.17, 15) is 0 Å². The van der Waals surface area contributed by atoms with E-state index >= 15 is 0 Å². The zero-order chi connectivity index (χ0) is 12.5. The summed E-state index contributed by atoms with van der Waals surface area (Å²) in [5, 5.41) is 15.9. The zero-order valence-corrected chi connectivity index (χ0v) is 11.2. The number of thioether (sulfide) groups is 1. The molecule has 0 atom stereocenters. The molecule has 0 aliphatic heterocycles. The number of aliphatic hydroxyl groups is 1. The summed E-state index contributed by atoms with van der Waals surface area (Å²) in [6.45, 7) is 3.94. The van der Waals surface area contributed by atoms with Crippen molar-refractivity contribution < 1.29 is 5.11 Å². The summed E-state index contributed by atoms with van der Waals surface area (Å²) in [6.07, 6.45) is 3.71. The van der Waals surface area contributed by atoms with Crippen LogP contribution in [-0.2, 0) is 0 Å². The quantitative estimate of drug-likeness (QED) is 0.374. The molecule has 0 fully saturated rings. The van der Waals surface area contributed by atoms with E-state index in [1.807, 2.05) is 19.2 Å². The minimum atomic E-state index is 0.240. The van der Waals surface area contributed by atoms with Crippen LogP contribution in [-0.4, -0.2) is 41.0 Å². The predicted octanol–water partition coefficient (Wildman–Crippen LogP) is 1.81. The van der Waals surface area contributed by atoms with Gasteiger partial charge < -0.3 is 15.7 Å². The molecule has 1 aromatic heterocycles. The van der Waals surface area contributed by atoms with Gasteiger partial charge in [-0.25, -0.2) is 9.97 Å². The minimum Gasteiger partial charge on any atom is -0.396 e. The molecule has 1 heterocycles. The number of hydrogen-bond acceptors (Lipinski definition) is 6. The average Bonchev–Trinajstić information content (AvgIpc) is 2.35. The van der Waals surface area contributed by atoms with Gasteiger partial charge in [-0.3, -0.25) is 0 Å². The van der Waals surface area contributed by atoms with Gasteiger partial charge in [0.1, 0.15) is 11.6 Å². The van der Waals surface area contributed by atoms with Crippen LogP contribution in [0.3, 0.4) is 0 Å². The number of hydrogen-bond donors (Lipinski definition) is 3. The van der Waals surface area contributed by atoms with Crippen molar-refractivity contribution in [1.29, 1.82) is 0 Å². The monoisotopic (exact) mass is 256 g/mol. The molecule has 1 rings (SSSR count). The summed E-state index contributed by atoms with van der Waals surface area (Å²) >= 11 is 1.52. The van der Waals surface area contributed by atoms with Crippen LogP contribution in [0, 0.1) is 0 Å². The maximum atomic E-state index is 8.69. The highest BCUT2D eigenvalue weighted by Gasteiger charge is 2.02. The van der Waals surface area contributed by atoms with E-state index in [1.54, 1.807) is 0 Å². The molecule has 1 aromatic rings. The van der Waals surface area contributed by atoms with E-state index in [0.29, 0.717) is 0 Å². The fraction of sp³-hybridized carbons (Fsp3) is 0.636. The fourth-order valence-corrected chi connectivity index (χ4v) is 1.71. The van der Waals surface area contributed by atoms with Gasteiger partial charge in [-0.15, -0.1) is 0 Å². The first-order valence-electron chi connectivity index (χ1n) is 5.81. The van der Waals surface area contributed by atoms with E-state index in [2.05, 4.69) is 20.6 Å². The average molecular weight is 256 g/mol. The summed E-state index contributed by atoms with van der Waals surface area (Å²) in [6, 6.07) is 1.90. The summed E-state index contributed by atoms with van der Waals surface area (Å²) in [4.78, 5) is 8.72. The van der Waals surface area contributed by atoms with E-state index < -0.39 is 0 Å². The van der Waals surface area contributed by atoms with Crippen LogP contribution in [0.15, 0.2) is 11.2 Å². The molecule has 17 heavy (non-hydrogen) atoms. The van der Waals surface area contributed by atoms with Crippen molar-refractivity contribution >= 4 is 23.4 Å². The van der Waals surface area contributed by atoms with E-state index in [-0.39, 0.29) is 6.61 Å². The number of anilines is 2. The molecule has 0 amide bonds. The number of unbranched alkanes of at least 4 members (excludes halogenated alkanes) is 1. The molecule has 0 spiro atoms. The lowest BCUT2D eigenvalue weighted by Gasteiger charge is -2.09. The van der Waals surface area contributed by atoms with Crippen LogP contribution in [0.1, 0.15) is 19.8 Å². The third kappa shape index (κ3) is 5.23. The molecule has 0 unspecified atom stereocenters. The normalized spacial score (nSPS) is 10.3. The van der Waals surface area contributed by atoms with Gasteiger partial charge in [-0.05, 0) is 26.0 Å². The van der Waals surface area contributed by atoms with Gasteiger partial charge in [-0.2, -0.15) is 0 Å². The maximum Gasteiger partial charge on any atom is 0.191 e. The molecule has 0 saturated carbocycles. The van der Waals surface area contributed by atoms with Gasteiger partial charge in [0, 0.05) is 25.8 Å². The van der Waals surface area contributed by atoms with Gasteiger partial charge in [0.05, 0.1) is 0 Å². The molecule has 5 nitrogen and oxygen atoms in total. The van der Waals surface area contributed by atoms with Crippen molar-refractivity contribution in [2.24, 2.45) is 0 Å². The van der Waals surface area contributed by atoms with Gasteiger partial charge in [0.2, 0.25) is 0 Å². The van der Waals surface area contributed by atoms with Crippen LogP contribution >= 0.6 is 11.8 Å². The Hall–Kier alpha value is -1.01. The molecule has 0 bridgehead atoms. The Morgan fingerprint density at radius 3 is 2.53 bits per heavy atom. The third-order valence-corrected chi connectivity index (χ3v) is 2.68. The molecule has 96 valence electrons. The predicted molar refractivity (Wildman–Crippen MR) is 72.8 cm³/mol. The summed E-state index contributed by atoms with van der Waals surface area (Å²) in [5.74, 6) is 1.68. The highest BCUT2D eigenvalue weighted by molar-refractivity contribution is 7.98. The molecule has 0 saturated heterocycles. The standard InChI is InChI=1S/C11H20N4OS/c1-3-12-9-8-10(13-6-4-5-7-16)15-11(14-9)17-2/h8,16H,3-7H2,1-2H3,(H2,12,13,14,15). The molecular weight excluding hydrogens is 236 g/mol. The molecule has 0 aliphatic rings. The van der Waals surface area contributed by atoms with Crippen LogP contribution in [0.2, 0.25) is 0 Å². The zero-order valence-electron chi connectivity index (χ0n) is 10.4. The Balaban J connectivity index is 2.59. The first kappa shape index (κ1) is 14.1. The van der Waals surface area contributed by atoms with Crippen molar-refractivity contribution in [3.05, 3.63) is 6.07 Å². The smallest absolute Gasteiger partial charge is 0.191 e. The molecule has 0 radical (unpaired) electrons. The fourth-order valence-electron chi connectivity index (χ4n) is 1.33. The number of rotatable bonds is 8. The van der Waals surface area contributed by atoms with Crippen molar-refractivity contribution in [3.63, 3.8) is 0 Å². The SMILES string of the molecule is CCNc1cc(NCCCCO)nc(SC)n1. The molecule has 0 aliphatic carbocycles. The molecule has 0 aromatic carbocycles. The third-order valence-electron chi connectivity index (χ3n) is 2.14. The Morgan fingerprint density at radius 2 is 1.94 bits per heavy atom. The highest BCUT2D eigenvalue weighted by Crippen LogP contribution is 2.17. The van der Waals surface area contributed by atoms with Crippen molar-refractivity contribution in [3.8, 4) is 0 Å². The Bertz CT molecular complexity index is 335. The van der Waals surface area contributed by atoms with Crippen LogP contribution < -0.4 is 10.6 Å². The topological polar surface area (TPSA) is 70.1 Å². The molecule has 6 heteroatoms. The van der Waals surface area contributed by atoms with Gasteiger partial charge in [0.25, 0.3) is 0 Å². The molecular formula is C11H20N4OS. The second-order valence-electron chi connectivity index (χ2n) is 3.51. The van der Waals surface area contributed by atoms with E-state index in [4.69, 9.17) is 5.11 Å². The number of nitrogens with zero attached hydrogens (tertiary/aromatic N) is 2. The van der Waals surface area contributed by atoms with Crippen molar-refractivity contribution in [2.45, 2.75) is 24.9 Å². The number of aliphatic hydroxyl groups excluding tert-OH is 1. The second kappa shape index (κ2) is 8.14. The minimum absolute atomic E-state index is 0.240. The summed E-state index contributed by atoms with van der Waals surface area (Å²) in [7, 11) is 0. The van der Waals surface area contributed by atoms with Crippen LogP contribution in [0.4, 0.5) is 11.6 Å². The van der Waals surface area contributed by atoms with Crippen molar-refractivity contribution in [2.75, 3.05) is 36.6 Å². The van der Waals surface area contributed by atoms with Crippen LogP contribution in [0.25, 0.3) is 0 Å². The Kier molecular flexibility index (Phi) is 6.73. The Morgan fingerprint density at radius 1 is 1.24 bits per heavy atom. The Labute approximate surface area is 106 Å². The van der Waals surface area contributed by atoms with Crippen LogP contribution in [0.5, 0.6) is 0 Å². The van der Waals surface area contributed by atoms with Gasteiger partial charge in [-0.1, -0.05) is 11.8 Å². The van der Waals surface area contributed by atoms with Gasteiger partial charge >= 0.3 is 0 Å². The first-order chi connectivity index (χ1) is 8.30. The molecule has 3 N–H and O–H groups in total. The maximum absolute atomic E-state index is 8.69. The largest absolute Gasteiger partial charge is 0.396 e. The van der Waals surface area contributed by atoms with Crippen molar-refractivity contribution in [1.82, 2.24) is 9.97 Å².